The van der Waals surface area contributed by atoms with Crippen LogP contribution in [0.4, 0.5) is 13.2 Å². The fourth-order valence-corrected chi connectivity index (χ4v) is 2.56. The second kappa shape index (κ2) is 9.86. The molecule has 0 heterocycles. The lowest BCUT2D eigenvalue weighted by atomic mass is 10.0. The van der Waals surface area contributed by atoms with Crippen LogP contribution in [0.3, 0.4) is 0 Å². The van der Waals surface area contributed by atoms with Gasteiger partial charge < -0.3 is 19.5 Å². The summed E-state index contributed by atoms with van der Waals surface area (Å²) < 4.78 is 51.5. The molecule has 0 spiro atoms. The Kier molecular flexibility index (Phi) is 7.52. The molecule has 2 aromatic carbocycles. The van der Waals surface area contributed by atoms with E-state index < -0.39 is 12.3 Å². The van der Waals surface area contributed by atoms with Gasteiger partial charge in [0.05, 0.1) is 19.8 Å². The molecule has 2 aromatic rings. The van der Waals surface area contributed by atoms with Crippen molar-refractivity contribution in [1.29, 1.82) is 0 Å². The summed E-state index contributed by atoms with van der Waals surface area (Å²) in [6.07, 6.45) is -4.00. The molecule has 0 aromatic heterocycles. The van der Waals surface area contributed by atoms with Crippen LogP contribution in [0.2, 0.25) is 0 Å². The van der Waals surface area contributed by atoms with Gasteiger partial charge in [-0.1, -0.05) is 35.9 Å². The number of alkyl halides is 3. The van der Waals surface area contributed by atoms with Crippen LogP contribution >= 0.6 is 0 Å². The van der Waals surface area contributed by atoms with E-state index in [4.69, 9.17) is 9.47 Å². The number of halogens is 3. The maximum atomic E-state index is 12.5. The minimum atomic E-state index is -4.88. The molecule has 0 radical (unpaired) electrons. The molecule has 8 heteroatoms. The Morgan fingerprint density at radius 2 is 1.69 bits per heavy atom. The van der Waals surface area contributed by atoms with Crippen LogP contribution in [0.5, 0.6) is 11.5 Å². The number of hydrogen-bond donors (Lipinski definition) is 1. The lowest BCUT2D eigenvalue weighted by Gasteiger charge is -2.12. The summed E-state index contributed by atoms with van der Waals surface area (Å²) in [4.78, 5) is 12.5. The molecular formula is C21H22F3NO4. The molecule has 29 heavy (non-hydrogen) atoms. The zero-order valence-electron chi connectivity index (χ0n) is 16.3. The minimum Gasteiger partial charge on any atom is -0.493 e. The van der Waals surface area contributed by atoms with E-state index in [1.54, 1.807) is 36.4 Å². The lowest BCUT2D eigenvalue weighted by Crippen LogP contribution is -2.27. The average molecular weight is 409 g/mol. The van der Waals surface area contributed by atoms with Crippen molar-refractivity contribution in [2.75, 3.05) is 20.8 Å². The summed E-state index contributed by atoms with van der Waals surface area (Å²) in [5, 5.41) is 2.62. The van der Waals surface area contributed by atoms with Crippen molar-refractivity contribution in [3.8, 4) is 11.5 Å². The molecule has 156 valence electrons. The van der Waals surface area contributed by atoms with Crippen molar-refractivity contribution in [2.45, 2.75) is 19.7 Å². The maximum Gasteiger partial charge on any atom is 0.572 e. The first-order chi connectivity index (χ1) is 13.7. The Morgan fingerprint density at radius 3 is 2.28 bits per heavy atom. The molecule has 0 atom stereocenters. The Balaban J connectivity index is 2.08. The first-order valence-corrected chi connectivity index (χ1v) is 8.74. The number of hydrogen-bond acceptors (Lipinski definition) is 4. The zero-order valence-corrected chi connectivity index (χ0v) is 16.3. The second-order valence-electron chi connectivity index (χ2n) is 6.16. The van der Waals surface area contributed by atoms with Gasteiger partial charge in [0.2, 0.25) is 0 Å². The molecule has 0 saturated heterocycles. The fourth-order valence-electron chi connectivity index (χ4n) is 2.56. The molecular weight excluding hydrogens is 387 g/mol. The van der Waals surface area contributed by atoms with Gasteiger partial charge >= 0.3 is 6.36 Å². The molecule has 1 amide bonds. The van der Waals surface area contributed by atoms with Crippen LogP contribution < -0.4 is 14.8 Å². The van der Waals surface area contributed by atoms with Crippen molar-refractivity contribution in [3.05, 3.63) is 65.4 Å². The Labute approximate surface area is 167 Å². The molecule has 0 aliphatic carbocycles. The quantitative estimate of drug-likeness (QED) is 0.523. The predicted octanol–water partition coefficient (Wildman–Crippen LogP) is 4.25. The standard InChI is InChI=1S/C21H22F3NO4/c1-14-4-7-16(8-5-14)17(13-29-21(22,23)24)20(26)25-11-10-15-6-9-18(27-2)19(12-15)28-3/h4-9,12-13H,10-11H2,1-3H3,(H,25,26)/b17-13-. The Hall–Kier alpha value is -3.16. The Bertz CT molecular complexity index is 861. The highest BCUT2D eigenvalue weighted by atomic mass is 19.4. The molecule has 0 bridgehead atoms. The SMILES string of the molecule is COc1ccc(CCNC(=O)/C(=C\OC(F)(F)F)c2ccc(C)cc2)cc1OC. The highest BCUT2D eigenvalue weighted by Crippen LogP contribution is 2.27. The van der Waals surface area contributed by atoms with Gasteiger partial charge in [-0.15, -0.1) is 13.2 Å². The van der Waals surface area contributed by atoms with Gasteiger partial charge in [0.1, 0.15) is 6.26 Å². The van der Waals surface area contributed by atoms with Crippen molar-refractivity contribution in [2.24, 2.45) is 0 Å². The number of carbonyl (C=O) groups excluding carboxylic acids is 1. The maximum absolute atomic E-state index is 12.5. The third kappa shape index (κ3) is 6.74. The van der Waals surface area contributed by atoms with E-state index in [9.17, 15) is 18.0 Å². The van der Waals surface area contributed by atoms with Crippen molar-refractivity contribution < 1.29 is 32.2 Å². The molecule has 0 aliphatic rings. The van der Waals surface area contributed by atoms with Gasteiger partial charge in [0.25, 0.3) is 5.91 Å². The van der Waals surface area contributed by atoms with Crippen molar-refractivity contribution >= 4 is 11.5 Å². The highest BCUT2D eigenvalue weighted by molar-refractivity contribution is 6.19. The van der Waals surface area contributed by atoms with E-state index >= 15 is 0 Å². The molecule has 0 fully saturated rings. The normalized spacial score (nSPS) is 11.7. The summed E-state index contributed by atoms with van der Waals surface area (Å²) in [7, 11) is 3.04. The predicted molar refractivity (Wildman–Crippen MR) is 103 cm³/mol. The fraction of sp³-hybridized carbons (Fsp3) is 0.286. The number of aryl methyl sites for hydroxylation is 1. The summed E-state index contributed by atoms with van der Waals surface area (Å²) in [5.74, 6) is 0.461. The first kappa shape index (κ1) is 22.1. The summed E-state index contributed by atoms with van der Waals surface area (Å²) in [6.45, 7) is 2.05. The van der Waals surface area contributed by atoms with E-state index in [0.717, 1.165) is 11.1 Å². The number of nitrogens with one attached hydrogen (secondary N) is 1. The number of amides is 1. The Morgan fingerprint density at radius 1 is 1.03 bits per heavy atom. The first-order valence-electron chi connectivity index (χ1n) is 8.74. The molecule has 0 unspecified atom stereocenters. The summed E-state index contributed by atoms with van der Waals surface area (Å²) in [5.41, 5.74) is 1.90. The third-order valence-electron chi connectivity index (χ3n) is 4.06. The summed E-state index contributed by atoms with van der Waals surface area (Å²) in [6, 6.07) is 11.9. The number of carbonyl (C=O) groups is 1. The van der Waals surface area contributed by atoms with E-state index in [1.165, 1.54) is 14.2 Å². The van der Waals surface area contributed by atoms with E-state index in [0.29, 0.717) is 29.7 Å². The second-order valence-corrected chi connectivity index (χ2v) is 6.16. The van der Waals surface area contributed by atoms with Crippen LogP contribution in [0.25, 0.3) is 5.57 Å². The van der Waals surface area contributed by atoms with Crippen molar-refractivity contribution in [3.63, 3.8) is 0 Å². The topological polar surface area (TPSA) is 56.8 Å². The van der Waals surface area contributed by atoms with Crippen LogP contribution in [0.15, 0.2) is 48.7 Å². The van der Waals surface area contributed by atoms with Gasteiger partial charge in [-0.05, 0) is 36.6 Å². The third-order valence-corrected chi connectivity index (χ3v) is 4.06. The van der Waals surface area contributed by atoms with E-state index in [1.807, 2.05) is 13.0 Å². The highest BCUT2D eigenvalue weighted by Gasteiger charge is 2.30. The molecule has 1 N–H and O–H groups in total. The monoisotopic (exact) mass is 409 g/mol. The van der Waals surface area contributed by atoms with Crippen LogP contribution in [-0.2, 0) is 16.0 Å². The molecule has 2 rings (SSSR count). The van der Waals surface area contributed by atoms with Crippen molar-refractivity contribution in [1.82, 2.24) is 5.32 Å². The summed E-state index contributed by atoms with van der Waals surface area (Å²) >= 11 is 0. The number of benzene rings is 2. The number of rotatable bonds is 8. The largest absolute Gasteiger partial charge is 0.572 e. The lowest BCUT2D eigenvalue weighted by molar-refractivity contribution is -0.297. The van der Waals surface area contributed by atoms with Gasteiger partial charge in [-0.2, -0.15) is 0 Å². The van der Waals surface area contributed by atoms with Gasteiger partial charge in [0.15, 0.2) is 11.5 Å². The molecule has 0 aliphatic heterocycles. The minimum absolute atomic E-state index is 0.212. The number of methoxy groups -OCH3 is 2. The van der Waals surface area contributed by atoms with Gasteiger partial charge in [0, 0.05) is 6.54 Å². The average Bonchev–Trinajstić information content (AvgIpc) is 2.68. The zero-order chi connectivity index (χ0) is 21.4. The van der Waals surface area contributed by atoms with Gasteiger partial charge in [-0.3, -0.25) is 4.79 Å². The van der Waals surface area contributed by atoms with Crippen LogP contribution in [0.1, 0.15) is 16.7 Å². The van der Waals surface area contributed by atoms with E-state index in [2.05, 4.69) is 10.1 Å². The van der Waals surface area contributed by atoms with E-state index in [-0.39, 0.29) is 12.1 Å². The molecule has 5 nitrogen and oxygen atoms in total. The smallest absolute Gasteiger partial charge is 0.493 e. The van der Waals surface area contributed by atoms with Crippen LogP contribution in [-0.4, -0.2) is 33.0 Å². The number of ether oxygens (including phenoxy) is 3. The van der Waals surface area contributed by atoms with Crippen LogP contribution in [0, 0.1) is 6.92 Å². The molecule has 0 saturated carbocycles. The van der Waals surface area contributed by atoms with Gasteiger partial charge in [-0.25, -0.2) is 0 Å².